The molecule has 1 N–H and O–H groups in total. The second-order valence-corrected chi connectivity index (χ2v) is 4.42. The number of unbranched alkanes of at least 4 members (excludes halogenated alkanes) is 2. The number of methoxy groups -OCH3 is 1. The third kappa shape index (κ3) is 6.38. The molecule has 5 nitrogen and oxygen atoms in total. The lowest BCUT2D eigenvalue weighted by Gasteiger charge is -2.10. The van der Waals surface area contributed by atoms with Gasteiger partial charge in [-0.2, -0.15) is 4.98 Å². The van der Waals surface area contributed by atoms with Crippen LogP contribution < -0.4 is 10.1 Å². The molecule has 0 aromatic carbocycles. The van der Waals surface area contributed by atoms with E-state index in [0.717, 1.165) is 25.2 Å². The van der Waals surface area contributed by atoms with Gasteiger partial charge in [0.2, 0.25) is 5.88 Å². The second-order valence-electron chi connectivity index (χ2n) is 4.42. The van der Waals surface area contributed by atoms with Gasteiger partial charge >= 0.3 is 0 Å². The topological polar surface area (TPSA) is 56.3 Å². The van der Waals surface area contributed by atoms with Crippen molar-refractivity contribution < 1.29 is 9.47 Å². The molecule has 0 bridgehead atoms. The van der Waals surface area contributed by atoms with Crippen LogP contribution in [-0.2, 0) is 11.3 Å². The number of ether oxygens (including phenoxy) is 2. The third-order valence-corrected chi connectivity index (χ3v) is 2.56. The Labute approximate surface area is 115 Å². The Balaban J connectivity index is 2.63. The molecule has 0 aliphatic rings. The first-order valence-electron chi connectivity index (χ1n) is 7.03. The molecule has 0 saturated heterocycles. The van der Waals surface area contributed by atoms with Crippen LogP contribution in [0.5, 0.6) is 5.88 Å². The average Bonchev–Trinajstić information content (AvgIpc) is 2.42. The van der Waals surface area contributed by atoms with Gasteiger partial charge in [-0.15, -0.1) is 0 Å². The van der Waals surface area contributed by atoms with Crippen molar-refractivity contribution in [1.82, 2.24) is 9.97 Å². The second kappa shape index (κ2) is 9.55. The largest absolute Gasteiger partial charge is 0.478 e. The summed E-state index contributed by atoms with van der Waals surface area (Å²) in [5, 5.41) is 3.31. The van der Waals surface area contributed by atoms with Crippen molar-refractivity contribution in [3.8, 4) is 5.88 Å². The average molecular weight is 267 g/mol. The van der Waals surface area contributed by atoms with Gasteiger partial charge in [-0.05, 0) is 12.8 Å². The Morgan fingerprint density at radius 3 is 2.68 bits per heavy atom. The molecule has 0 aliphatic carbocycles. The standard InChI is InChI=1S/C14H25N3O2/c1-4-6-7-8-15-12-10-14(19-9-5-2)17-13(16-12)11-18-3/h10H,4-9,11H2,1-3H3,(H,15,16,17). The first kappa shape index (κ1) is 15.7. The van der Waals surface area contributed by atoms with Gasteiger partial charge in [-0.25, -0.2) is 4.98 Å². The van der Waals surface area contributed by atoms with E-state index in [1.165, 1.54) is 12.8 Å². The molecule has 0 spiro atoms. The fraction of sp³-hybridized carbons (Fsp3) is 0.714. The summed E-state index contributed by atoms with van der Waals surface area (Å²) in [6.07, 6.45) is 4.54. The molecule has 1 heterocycles. The Morgan fingerprint density at radius 2 is 2.00 bits per heavy atom. The van der Waals surface area contributed by atoms with Crippen LogP contribution in [0.2, 0.25) is 0 Å². The fourth-order valence-electron chi connectivity index (χ4n) is 1.63. The summed E-state index contributed by atoms with van der Waals surface area (Å²) in [6.45, 7) is 6.25. The van der Waals surface area contributed by atoms with Crippen LogP contribution >= 0.6 is 0 Å². The molecule has 0 atom stereocenters. The Kier molecular flexibility index (Phi) is 7.89. The quantitative estimate of drug-likeness (QED) is 0.660. The zero-order valence-electron chi connectivity index (χ0n) is 12.2. The van der Waals surface area contributed by atoms with E-state index in [2.05, 4.69) is 29.1 Å². The summed E-state index contributed by atoms with van der Waals surface area (Å²) >= 11 is 0. The fourth-order valence-corrected chi connectivity index (χ4v) is 1.63. The minimum absolute atomic E-state index is 0.396. The molecule has 0 aliphatic heterocycles. The van der Waals surface area contributed by atoms with Gasteiger partial charge in [-0.1, -0.05) is 26.7 Å². The van der Waals surface area contributed by atoms with Crippen molar-refractivity contribution >= 4 is 5.82 Å². The maximum atomic E-state index is 5.56. The molecular weight excluding hydrogens is 242 g/mol. The van der Waals surface area contributed by atoms with Gasteiger partial charge < -0.3 is 14.8 Å². The monoisotopic (exact) mass is 267 g/mol. The van der Waals surface area contributed by atoms with Crippen LogP contribution in [0.15, 0.2) is 6.07 Å². The molecule has 0 unspecified atom stereocenters. The highest BCUT2D eigenvalue weighted by Gasteiger charge is 2.05. The minimum atomic E-state index is 0.396. The van der Waals surface area contributed by atoms with Crippen LogP contribution in [0, 0.1) is 0 Å². The van der Waals surface area contributed by atoms with Crippen molar-refractivity contribution in [1.29, 1.82) is 0 Å². The zero-order chi connectivity index (χ0) is 13.9. The number of aromatic nitrogens is 2. The number of nitrogens with one attached hydrogen (secondary N) is 1. The van der Waals surface area contributed by atoms with Crippen molar-refractivity contribution in [3.63, 3.8) is 0 Å². The normalized spacial score (nSPS) is 10.5. The maximum Gasteiger partial charge on any atom is 0.218 e. The summed E-state index contributed by atoms with van der Waals surface area (Å²) in [4.78, 5) is 8.71. The molecule has 0 fully saturated rings. The van der Waals surface area contributed by atoms with Gasteiger partial charge in [-0.3, -0.25) is 0 Å². The van der Waals surface area contributed by atoms with E-state index in [4.69, 9.17) is 9.47 Å². The Hall–Kier alpha value is -1.36. The van der Waals surface area contributed by atoms with Crippen molar-refractivity contribution in [3.05, 3.63) is 11.9 Å². The van der Waals surface area contributed by atoms with E-state index in [1.54, 1.807) is 7.11 Å². The summed E-state index contributed by atoms with van der Waals surface area (Å²) < 4.78 is 10.6. The van der Waals surface area contributed by atoms with Crippen LogP contribution in [0.4, 0.5) is 5.82 Å². The van der Waals surface area contributed by atoms with E-state index in [0.29, 0.717) is 24.9 Å². The number of anilines is 1. The Bertz CT molecular complexity index is 359. The highest BCUT2D eigenvalue weighted by molar-refractivity contribution is 5.38. The summed E-state index contributed by atoms with van der Waals surface area (Å²) in [6, 6.07) is 1.85. The van der Waals surface area contributed by atoms with Crippen LogP contribution in [0.25, 0.3) is 0 Å². The lowest BCUT2D eigenvalue weighted by atomic mass is 10.2. The molecule has 5 heteroatoms. The molecule has 0 radical (unpaired) electrons. The Morgan fingerprint density at radius 1 is 1.16 bits per heavy atom. The predicted molar refractivity (Wildman–Crippen MR) is 76.5 cm³/mol. The molecule has 1 aromatic heterocycles. The smallest absolute Gasteiger partial charge is 0.218 e. The molecule has 1 rings (SSSR count). The summed E-state index contributed by atoms with van der Waals surface area (Å²) in [5.41, 5.74) is 0. The SMILES string of the molecule is CCCCCNc1cc(OCCC)nc(COC)n1. The predicted octanol–water partition coefficient (Wildman–Crippen LogP) is 3.01. The van der Waals surface area contributed by atoms with E-state index in [1.807, 2.05) is 6.07 Å². The highest BCUT2D eigenvalue weighted by Crippen LogP contribution is 2.14. The third-order valence-electron chi connectivity index (χ3n) is 2.56. The first-order chi connectivity index (χ1) is 9.30. The van der Waals surface area contributed by atoms with E-state index in [9.17, 15) is 0 Å². The van der Waals surface area contributed by atoms with Gasteiger partial charge in [0.1, 0.15) is 12.4 Å². The highest BCUT2D eigenvalue weighted by atomic mass is 16.5. The lowest BCUT2D eigenvalue weighted by Crippen LogP contribution is -2.08. The van der Waals surface area contributed by atoms with Crippen molar-refractivity contribution in [2.75, 3.05) is 25.6 Å². The summed E-state index contributed by atoms with van der Waals surface area (Å²) in [7, 11) is 1.64. The summed E-state index contributed by atoms with van der Waals surface area (Å²) in [5.74, 6) is 2.07. The first-order valence-corrected chi connectivity index (χ1v) is 7.03. The van der Waals surface area contributed by atoms with Crippen LogP contribution in [0.1, 0.15) is 45.4 Å². The van der Waals surface area contributed by atoms with E-state index < -0.39 is 0 Å². The molecule has 0 amide bonds. The number of nitrogens with zero attached hydrogens (tertiary/aromatic N) is 2. The molecule has 19 heavy (non-hydrogen) atoms. The van der Waals surface area contributed by atoms with Crippen LogP contribution in [-0.4, -0.2) is 30.2 Å². The van der Waals surface area contributed by atoms with Crippen molar-refractivity contribution in [2.45, 2.75) is 46.1 Å². The van der Waals surface area contributed by atoms with Gasteiger partial charge in [0.25, 0.3) is 0 Å². The lowest BCUT2D eigenvalue weighted by molar-refractivity contribution is 0.176. The van der Waals surface area contributed by atoms with E-state index in [-0.39, 0.29) is 0 Å². The number of hydrogen-bond donors (Lipinski definition) is 1. The van der Waals surface area contributed by atoms with Gasteiger partial charge in [0, 0.05) is 19.7 Å². The number of hydrogen-bond acceptors (Lipinski definition) is 5. The molecule has 0 saturated carbocycles. The maximum absolute atomic E-state index is 5.56. The molecule has 1 aromatic rings. The zero-order valence-corrected chi connectivity index (χ0v) is 12.2. The van der Waals surface area contributed by atoms with Crippen molar-refractivity contribution in [2.24, 2.45) is 0 Å². The molecular formula is C14H25N3O2. The molecule has 108 valence electrons. The van der Waals surface area contributed by atoms with E-state index >= 15 is 0 Å². The number of rotatable bonds is 10. The van der Waals surface area contributed by atoms with Gasteiger partial charge in [0.05, 0.1) is 6.61 Å². The minimum Gasteiger partial charge on any atom is -0.478 e. The van der Waals surface area contributed by atoms with Crippen LogP contribution in [0.3, 0.4) is 0 Å². The van der Waals surface area contributed by atoms with Gasteiger partial charge in [0.15, 0.2) is 5.82 Å².